The number of carboxylic acid groups (broad SMARTS) is 1. The number of carboxylic acids is 1. The Bertz CT molecular complexity index is 283. The van der Waals surface area contributed by atoms with E-state index in [2.05, 4.69) is 6.58 Å². The van der Waals surface area contributed by atoms with Gasteiger partial charge in [-0.1, -0.05) is 6.58 Å². The Balaban J connectivity index is 0. The van der Waals surface area contributed by atoms with Crippen molar-refractivity contribution >= 4 is 21.6 Å². The van der Waals surface area contributed by atoms with Crippen LogP contribution in [-0.2, 0) is 15.1 Å². The van der Waals surface area contributed by atoms with Crippen LogP contribution in [-0.4, -0.2) is 19.8 Å². The molecule has 62 valence electrons. The van der Waals surface area contributed by atoms with E-state index in [1.54, 1.807) is 0 Å². The molecule has 0 N–H and O–H groups in total. The SMILES string of the molecule is C=C(CCC=S(=O)=O)C(=O)[O-].[K+]. The molecule has 0 unspecified atom stereocenters. The summed E-state index contributed by atoms with van der Waals surface area (Å²) >= 11 is 0. The van der Waals surface area contributed by atoms with Gasteiger partial charge in [0.1, 0.15) is 0 Å². The molecule has 0 amide bonds. The first-order valence-electron chi connectivity index (χ1n) is 2.84. The van der Waals surface area contributed by atoms with E-state index in [-0.39, 0.29) is 69.8 Å². The van der Waals surface area contributed by atoms with E-state index in [9.17, 15) is 18.3 Å². The van der Waals surface area contributed by atoms with Crippen molar-refractivity contribution in [3.05, 3.63) is 12.2 Å². The standard InChI is InChI=1S/C6H8O4S.K/c1-5(6(7)8)3-2-4-11(9)10;/h4H,1-3H2,(H,7,8);/q;+1/p-1. The maximum Gasteiger partial charge on any atom is 1.00 e. The summed E-state index contributed by atoms with van der Waals surface area (Å²) < 4.78 is 19.8. The number of hydrogen-bond acceptors (Lipinski definition) is 4. The van der Waals surface area contributed by atoms with Crippen molar-refractivity contribution in [1.29, 1.82) is 0 Å². The fourth-order valence-electron chi connectivity index (χ4n) is 0.431. The summed E-state index contributed by atoms with van der Waals surface area (Å²) in [5, 5.41) is 11.0. The number of aliphatic carboxylic acids is 1. The Hall–Kier alpha value is 0.536. The average molecular weight is 214 g/mol. The molecular weight excluding hydrogens is 207 g/mol. The molecule has 0 aliphatic heterocycles. The van der Waals surface area contributed by atoms with Gasteiger partial charge in [-0.15, -0.1) is 0 Å². The molecule has 4 nitrogen and oxygen atoms in total. The molecule has 0 spiro atoms. The van der Waals surface area contributed by atoms with Crippen LogP contribution in [0, 0.1) is 0 Å². The number of rotatable bonds is 4. The summed E-state index contributed by atoms with van der Waals surface area (Å²) in [4.78, 5) is 10.00. The maximum atomic E-state index is 10.00. The minimum Gasteiger partial charge on any atom is -0.545 e. The number of carbonyl (C=O) groups excluding carboxylic acids is 1. The Morgan fingerprint density at radius 3 is 2.33 bits per heavy atom. The van der Waals surface area contributed by atoms with Gasteiger partial charge in [0.25, 0.3) is 0 Å². The summed E-state index contributed by atoms with van der Waals surface area (Å²) in [6, 6.07) is 0. The van der Waals surface area contributed by atoms with E-state index in [0.717, 1.165) is 5.37 Å². The molecule has 0 aliphatic rings. The van der Waals surface area contributed by atoms with Crippen molar-refractivity contribution in [2.24, 2.45) is 0 Å². The van der Waals surface area contributed by atoms with Crippen molar-refractivity contribution in [1.82, 2.24) is 0 Å². The van der Waals surface area contributed by atoms with Crippen molar-refractivity contribution in [3.8, 4) is 0 Å². The van der Waals surface area contributed by atoms with E-state index in [1.807, 2.05) is 0 Å². The quantitative estimate of drug-likeness (QED) is 0.270. The van der Waals surface area contributed by atoms with Crippen molar-refractivity contribution < 1.29 is 69.7 Å². The van der Waals surface area contributed by atoms with Crippen LogP contribution in [0.25, 0.3) is 0 Å². The van der Waals surface area contributed by atoms with E-state index in [4.69, 9.17) is 0 Å². The second kappa shape index (κ2) is 8.15. The molecule has 0 heterocycles. The molecule has 0 bridgehead atoms. The molecule has 0 aliphatic carbocycles. The van der Waals surface area contributed by atoms with Gasteiger partial charge in [0.05, 0.1) is 5.97 Å². The second-order valence-electron chi connectivity index (χ2n) is 1.86. The van der Waals surface area contributed by atoms with Gasteiger partial charge in [-0.05, 0) is 18.4 Å². The number of hydrogen-bond donors (Lipinski definition) is 0. The number of carbonyl (C=O) groups is 1. The predicted octanol–water partition coefficient (Wildman–Crippen LogP) is -4.24. The average Bonchev–Trinajstić information content (AvgIpc) is 1.86. The fraction of sp³-hybridized carbons (Fsp3) is 0.333. The Labute approximate surface area is 115 Å². The first kappa shape index (κ1) is 15.0. The molecule has 0 saturated carbocycles. The zero-order valence-corrected chi connectivity index (χ0v) is 10.7. The molecule has 0 aromatic rings. The molecule has 0 saturated heterocycles. The van der Waals surface area contributed by atoms with Gasteiger partial charge in [0, 0.05) is 5.37 Å². The Kier molecular flexibility index (Phi) is 10.2. The van der Waals surface area contributed by atoms with E-state index in [1.165, 1.54) is 0 Å². The molecule has 0 aromatic heterocycles. The molecule has 6 heteroatoms. The first-order chi connectivity index (χ1) is 5.04. The van der Waals surface area contributed by atoms with Gasteiger partial charge in [-0.25, -0.2) is 0 Å². The van der Waals surface area contributed by atoms with E-state index in [0.29, 0.717) is 0 Å². The normalized spacial score (nSPS) is 8.00. The predicted molar refractivity (Wildman–Crippen MR) is 38.4 cm³/mol. The summed E-state index contributed by atoms with van der Waals surface area (Å²) in [6.07, 6.45) is 0.263. The molecule has 12 heavy (non-hydrogen) atoms. The van der Waals surface area contributed by atoms with Crippen LogP contribution in [0.1, 0.15) is 12.8 Å². The third-order valence-electron chi connectivity index (χ3n) is 0.989. The summed E-state index contributed by atoms with van der Waals surface area (Å²) in [7, 11) is -2.22. The molecule has 0 rings (SSSR count). The van der Waals surface area contributed by atoms with E-state index >= 15 is 0 Å². The third-order valence-corrected chi connectivity index (χ3v) is 1.50. The van der Waals surface area contributed by atoms with Crippen LogP contribution in [0.15, 0.2) is 12.2 Å². The maximum absolute atomic E-state index is 10.00. The summed E-state index contributed by atoms with van der Waals surface area (Å²) in [5.74, 6) is -1.34. The Morgan fingerprint density at radius 1 is 1.50 bits per heavy atom. The minimum absolute atomic E-state index is 0. The van der Waals surface area contributed by atoms with E-state index < -0.39 is 16.3 Å². The van der Waals surface area contributed by atoms with Crippen LogP contribution in [0.3, 0.4) is 0 Å². The molecule has 0 aromatic carbocycles. The fourth-order valence-corrected chi connectivity index (χ4v) is 0.742. The van der Waals surface area contributed by atoms with Crippen molar-refractivity contribution in [3.63, 3.8) is 0 Å². The summed E-state index contributed by atoms with van der Waals surface area (Å²) in [5.41, 5.74) is -0.0910. The van der Waals surface area contributed by atoms with Gasteiger partial charge >= 0.3 is 51.4 Å². The van der Waals surface area contributed by atoms with Gasteiger partial charge in [-0.3, -0.25) is 0 Å². The zero-order valence-electron chi connectivity index (χ0n) is 6.74. The van der Waals surface area contributed by atoms with Crippen LogP contribution in [0.4, 0.5) is 0 Å². The zero-order chi connectivity index (χ0) is 8.85. The smallest absolute Gasteiger partial charge is 0.545 e. The van der Waals surface area contributed by atoms with Gasteiger partial charge in [-0.2, -0.15) is 8.42 Å². The van der Waals surface area contributed by atoms with Gasteiger partial charge in [0.15, 0.2) is 0 Å². The van der Waals surface area contributed by atoms with Crippen LogP contribution >= 0.6 is 0 Å². The Morgan fingerprint density at radius 2 is 2.00 bits per heavy atom. The van der Waals surface area contributed by atoms with Gasteiger partial charge in [0.2, 0.25) is 10.3 Å². The topological polar surface area (TPSA) is 74.3 Å². The monoisotopic (exact) mass is 214 g/mol. The van der Waals surface area contributed by atoms with Crippen molar-refractivity contribution in [2.45, 2.75) is 12.8 Å². The van der Waals surface area contributed by atoms with Gasteiger partial charge < -0.3 is 9.90 Å². The van der Waals surface area contributed by atoms with Crippen LogP contribution in [0.5, 0.6) is 0 Å². The second-order valence-corrected chi connectivity index (χ2v) is 2.71. The molecular formula is C6H7KO4S. The third kappa shape index (κ3) is 8.63. The van der Waals surface area contributed by atoms with Crippen molar-refractivity contribution in [2.75, 3.05) is 0 Å². The molecule has 0 fully saturated rings. The van der Waals surface area contributed by atoms with Crippen LogP contribution < -0.4 is 56.5 Å². The van der Waals surface area contributed by atoms with Crippen LogP contribution in [0.2, 0.25) is 0 Å². The summed E-state index contributed by atoms with van der Waals surface area (Å²) in [6.45, 7) is 3.17. The molecule has 0 atom stereocenters. The minimum atomic E-state index is -2.22. The first-order valence-corrected chi connectivity index (χ1v) is 3.98. The largest absolute Gasteiger partial charge is 1.00 e. The molecule has 0 radical (unpaired) electrons.